The van der Waals surface area contributed by atoms with Gasteiger partial charge < -0.3 is 10.8 Å². The molecule has 2 rings (SSSR count). The van der Waals surface area contributed by atoms with Crippen LogP contribution >= 0.6 is 34.8 Å². The van der Waals surface area contributed by atoms with Crippen molar-refractivity contribution in [3.8, 4) is 0 Å². The highest BCUT2D eigenvalue weighted by Gasteiger charge is 2.14. The number of rotatable bonds is 3. The summed E-state index contributed by atoms with van der Waals surface area (Å²) >= 11 is 17.9. The van der Waals surface area contributed by atoms with Crippen LogP contribution in [0, 0.1) is 0 Å². The molecule has 0 spiro atoms. The van der Waals surface area contributed by atoms with Crippen LogP contribution in [0.3, 0.4) is 0 Å². The van der Waals surface area contributed by atoms with E-state index in [4.69, 9.17) is 40.5 Å². The molecule has 3 N–H and O–H groups in total. The third-order valence-corrected chi connectivity index (χ3v) is 3.95. The Morgan fingerprint density at radius 3 is 2.53 bits per heavy atom. The minimum atomic E-state index is -0.756. The average Bonchev–Trinajstić information content (AvgIpc) is 2.34. The Morgan fingerprint density at radius 1 is 1.11 bits per heavy atom. The van der Waals surface area contributed by atoms with Gasteiger partial charge in [0.15, 0.2) is 0 Å². The predicted molar refractivity (Wildman–Crippen MR) is 81.0 cm³/mol. The Balaban J connectivity index is 2.25. The van der Waals surface area contributed by atoms with Crippen LogP contribution in [0.2, 0.25) is 15.1 Å². The zero-order valence-corrected chi connectivity index (χ0v) is 12.2. The molecule has 0 heterocycles. The van der Waals surface area contributed by atoms with Gasteiger partial charge in [-0.15, -0.1) is 0 Å². The average molecular weight is 317 g/mol. The Labute approximate surface area is 126 Å². The molecule has 5 heteroatoms. The van der Waals surface area contributed by atoms with Crippen molar-refractivity contribution in [2.75, 3.05) is 5.73 Å². The summed E-state index contributed by atoms with van der Waals surface area (Å²) in [5, 5.41) is 11.7. The maximum atomic E-state index is 10.2. The van der Waals surface area contributed by atoms with E-state index < -0.39 is 6.10 Å². The highest BCUT2D eigenvalue weighted by molar-refractivity contribution is 6.42. The van der Waals surface area contributed by atoms with Gasteiger partial charge in [-0.3, -0.25) is 0 Å². The summed E-state index contributed by atoms with van der Waals surface area (Å²) in [6.07, 6.45) is -0.418. The third kappa shape index (κ3) is 3.34. The maximum Gasteiger partial charge on any atom is 0.0850 e. The first-order chi connectivity index (χ1) is 8.99. The van der Waals surface area contributed by atoms with Gasteiger partial charge in [-0.2, -0.15) is 0 Å². The topological polar surface area (TPSA) is 46.2 Å². The number of anilines is 1. The summed E-state index contributed by atoms with van der Waals surface area (Å²) in [7, 11) is 0. The third-order valence-electron chi connectivity index (χ3n) is 2.85. The second-order valence-electron chi connectivity index (χ2n) is 4.21. The number of nitrogens with two attached hydrogens (primary N) is 1. The SMILES string of the molecule is Nc1cc(Cl)ccc1C(O)Cc1cccc(Cl)c1Cl. The first-order valence-electron chi connectivity index (χ1n) is 5.65. The van der Waals surface area contributed by atoms with Crippen molar-refractivity contribution >= 4 is 40.5 Å². The molecule has 0 radical (unpaired) electrons. The molecular formula is C14H12Cl3NO. The fourth-order valence-electron chi connectivity index (χ4n) is 1.87. The van der Waals surface area contributed by atoms with Gasteiger partial charge in [-0.25, -0.2) is 0 Å². The molecular weight excluding hydrogens is 305 g/mol. The standard InChI is InChI=1S/C14H12Cl3NO/c15-9-4-5-10(12(18)7-9)13(19)6-8-2-1-3-11(16)14(8)17/h1-5,7,13,19H,6,18H2. The number of benzene rings is 2. The quantitative estimate of drug-likeness (QED) is 0.819. The van der Waals surface area contributed by atoms with Gasteiger partial charge in [0.2, 0.25) is 0 Å². The van der Waals surface area contributed by atoms with Crippen LogP contribution in [0.15, 0.2) is 36.4 Å². The van der Waals surface area contributed by atoms with E-state index in [1.807, 2.05) is 6.07 Å². The molecule has 0 saturated carbocycles. The van der Waals surface area contributed by atoms with Crippen molar-refractivity contribution in [2.24, 2.45) is 0 Å². The lowest BCUT2D eigenvalue weighted by molar-refractivity contribution is 0.179. The number of halogens is 3. The van der Waals surface area contributed by atoms with Gasteiger partial charge in [-0.05, 0) is 23.8 Å². The number of hydrogen-bond donors (Lipinski definition) is 2. The van der Waals surface area contributed by atoms with Gasteiger partial charge >= 0.3 is 0 Å². The van der Waals surface area contributed by atoms with Crippen LogP contribution in [0.5, 0.6) is 0 Å². The smallest absolute Gasteiger partial charge is 0.0850 e. The number of aliphatic hydroxyl groups excluding tert-OH is 1. The zero-order valence-electron chi connectivity index (χ0n) is 9.91. The van der Waals surface area contributed by atoms with E-state index in [1.165, 1.54) is 0 Å². The van der Waals surface area contributed by atoms with Gasteiger partial charge in [0.05, 0.1) is 16.1 Å². The lowest BCUT2D eigenvalue weighted by Gasteiger charge is -2.15. The molecule has 0 aliphatic rings. The minimum absolute atomic E-state index is 0.339. The van der Waals surface area contributed by atoms with Crippen LogP contribution in [-0.4, -0.2) is 5.11 Å². The van der Waals surface area contributed by atoms with E-state index in [1.54, 1.807) is 30.3 Å². The van der Waals surface area contributed by atoms with Crippen molar-refractivity contribution in [1.29, 1.82) is 0 Å². The van der Waals surface area contributed by atoms with E-state index in [0.29, 0.717) is 32.7 Å². The van der Waals surface area contributed by atoms with Crippen molar-refractivity contribution in [2.45, 2.75) is 12.5 Å². The van der Waals surface area contributed by atoms with Crippen LogP contribution in [0.4, 0.5) is 5.69 Å². The number of nitrogen functional groups attached to an aromatic ring is 1. The Kier molecular flexibility index (Phi) is 4.58. The minimum Gasteiger partial charge on any atom is -0.398 e. The van der Waals surface area contributed by atoms with E-state index in [0.717, 1.165) is 5.56 Å². The summed E-state index contributed by atoms with van der Waals surface area (Å²) in [6, 6.07) is 10.3. The lowest BCUT2D eigenvalue weighted by atomic mass is 10.00. The molecule has 0 amide bonds. The Hall–Kier alpha value is -0.930. The summed E-state index contributed by atoms with van der Waals surface area (Å²) in [6.45, 7) is 0. The molecule has 1 unspecified atom stereocenters. The Bertz CT molecular complexity index is 601. The molecule has 2 nitrogen and oxygen atoms in total. The highest BCUT2D eigenvalue weighted by atomic mass is 35.5. The maximum absolute atomic E-state index is 10.2. The second-order valence-corrected chi connectivity index (χ2v) is 5.43. The first-order valence-corrected chi connectivity index (χ1v) is 6.78. The lowest BCUT2D eigenvalue weighted by Crippen LogP contribution is -2.05. The van der Waals surface area contributed by atoms with Crippen molar-refractivity contribution in [3.05, 3.63) is 62.6 Å². The summed E-state index contributed by atoms with van der Waals surface area (Å²) in [5.74, 6) is 0. The van der Waals surface area contributed by atoms with Gasteiger partial charge in [-0.1, -0.05) is 53.0 Å². The van der Waals surface area contributed by atoms with Gasteiger partial charge in [0.25, 0.3) is 0 Å². The molecule has 0 bridgehead atoms. The molecule has 2 aromatic rings. The van der Waals surface area contributed by atoms with Crippen LogP contribution in [0.25, 0.3) is 0 Å². The van der Waals surface area contributed by atoms with Crippen molar-refractivity contribution in [3.63, 3.8) is 0 Å². The highest BCUT2D eigenvalue weighted by Crippen LogP contribution is 2.31. The van der Waals surface area contributed by atoms with E-state index in [9.17, 15) is 5.11 Å². The zero-order chi connectivity index (χ0) is 14.0. The van der Waals surface area contributed by atoms with Crippen LogP contribution in [-0.2, 0) is 6.42 Å². The molecule has 100 valence electrons. The molecule has 0 aliphatic carbocycles. The second kappa shape index (κ2) is 6.02. The predicted octanol–water partition coefficient (Wildman–Crippen LogP) is 4.51. The molecule has 0 fully saturated rings. The summed E-state index contributed by atoms with van der Waals surface area (Å²) < 4.78 is 0. The Morgan fingerprint density at radius 2 is 1.84 bits per heavy atom. The monoisotopic (exact) mass is 315 g/mol. The molecule has 0 saturated heterocycles. The van der Waals surface area contributed by atoms with Crippen molar-refractivity contribution < 1.29 is 5.11 Å². The van der Waals surface area contributed by atoms with Gasteiger partial charge in [0, 0.05) is 22.7 Å². The normalized spacial score (nSPS) is 12.4. The van der Waals surface area contributed by atoms with E-state index in [2.05, 4.69) is 0 Å². The number of aliphatic hydroxyl groups is 1. The van der Waals surface area contributed by atoms with Crippen LogP contribution in [0.1, 0.15) is 17.2 Å². The largest absolute Gasteiger partial charge is 0.398 e. The fourth-order valence-corrected chi connectivity index (χ4v) is 2.45. The molecule has 1 atom stereocenters. The summed E-state index contributed by atoms with van der Waals surface area (Å²) in [5.41, 5.74) is 7.70. The molecule has 2 aromatic carbocycles. The van der Waals surface area contributed by atoms with Crippen LogP contribution < -0.4 is 5.73 Å². The molecule has 19 heavy (non-hydrogen) atoms. The van der Waals surface area contributed by atoms with E-state index >= 15 is 0 Å². The molecule has 0 aliphatic heterocycles. The van der Waals surface area contributed by atoms with Gasteiger partial charge in [0.1, 0.15) is 0 Å². The summed E-state index contributed by atoms with van der Waals surface area (Å²) in [4.78, 5) is 0. The first kappa shape index (κ1) is 14.5. The fraction of sp³-hybridized carbons (Fsp3) is 0.143. The van der Waals surface area contributed by atoms with E-state index in [-0.39, 0.29) is 0 Å². The van der Waals surface area contributed by atoms with Crippen molar-refractivity contribution in [1.82, 2.24) is 0 Å². The number of hydrogen-bond acceptors (Lipinski definition) is 2. The molecule has 0 aromatic heterocycles.